The first-order chi connectivity index (χ1) is 13.0. The molecule has 0 aliphatic carbocycles. The molecule has 2 aromatic carbocycles. The van der Waals surface area contributed by atoms with Gasteiger partial charge in [-0.3, -0.25) is 0 Å². The van der Waals surface area contributed by atoms with Crippen LogP contribution in [0.1, 0.15) is 55.4 Å². The summed E-state index contributed by atoms with van der Waals surface area (Å²) in [5.74, 6) is 1.05. The molecule has 0 heterocycles. The Hall–Kier alpha value is -2.01. The van der Waals surface area contributed by atoms with E-state index in [0.717, 1.165) is 31.2 Å². The van der Waals surface area contributed by atoms with Gasteiger partial charge in [0.25, 0.3) is 0 Å². The molecule has 0 fully saturated rings. The van der Waals surface area contributed by atoms with Crippen LogP contribution in [-0.4, -0.2) is 22.6 Å². The summed E-state index contributed by atoms with van der Waals surface area (Å²) in [4.78, 5) is 0.346. The molecule has 148 valence electrons. The molecule has 27 heavy (non-hydrogen) atoms. The summed E-state index contributed by atoms with van der Waals surface area (Å²) in [6.45, 7) is 4.09. The average molecular weight is 391 g/mol. The number of sulfone groups is 1. The van der Waals surface area contributed by atoms with Gasteiger partial charge >= 0.3 is 0 Å². The van der Waals surface area contributed by atoms with Crippen LogP contribution in [0.15, 0.2) is 47.4 Å². The Morgan fingerprint density at radius 2 is 1.63 bits per heavy atom. The first-order valence-corrected chi connectivity index (χ1v) is 11.0. The average Bonchev–Trinajstić information content (AvgIpc) is 2.67. The van der Waals surface area contributed by atoms with Crippen molar-refractivity contribution in [2.24, 2.45) is 0 Å². The van der Waals surface area contributed by atoms with Crippen LogP contribution in [0.2, 0.25) is 0 Å². The van der Waals surface area contributed by atoms with Gasteiger partial charge in [-0.25, -0.2) is 8.42 Å². The summed E-state index contributed by atoms with van der Waals surface area (Å²) in [5, 5.41) is -0.665. The highest BCUT2D eigenvalue weighted by Gasteiger charge is 2.32. The normalized spacial score (nSPS) is 12.6. The number of para-hydroxylation sites is 1. The van der Waals surface area contributed by atoms with Gasteiger partial charge in [0.1, 0.15) is 0 Å². The van der Waals surface area contributed by atoms with E-state index in [1.54, 1.807) is 32.4 Å². The molecule has 2 aromatic rings. The Kier molecular flexibility index (Phi) is 7.72. The largest absolute Gasteiger partial charge is 0.493 e. The molecule has 1 unspecified atom stereocenters. The van der Waals surface area contributed by atoms with E-state index in [9.17, 15) is 8.42 Å². The van der Waals surface area contributed by atoms with Gasteiger partial charge in [-0.2, -0.15) is 0 Å². The highest BCUT2D eigenvalue weighted by Crippen LogP contribution is 2.42. The van der Waals surface area contributed by atoms with Crippen LogP contribution >= 0.6 is 0 Å². The number of methoxy groups -OCH3 is 2. The van der Waals surface area contributed by atoms with Crippen LogP contribution in [0, 0.1) is 6.92 Å². The maximum atomic E-state index is 13.5. The van der Waals surface area contributed by atoms with E-state index < -0.39 is 15.1 Å². The molecule has 5 heteroatoms. The van der Waals surface area contributed by atoms with Gasteiger partial charge in [0.15, 0.2) is 21.3 Å². The lowest BCUT2D eigenvalue weighted by Crippen LogP contribution is -2.15. The smallest absolute Gasteiger partial charge is 0.185 e. The fourth-order valence-corrected chi connectivity index (χ4v) is 5.13. The zero-order valence-electron chi connectivity index (χ0n) is 16.7. The SMILES string of the molecule is CCCCCCC(c1cccc(OC)c1OC)S(=O)(=O)c1ccc(C)cc1. The second-order valence-electron chi connectivity index (χ2n) is 6.78. The Morgan fingerprint density at radius 1 is 0.926 bits per heavy atom. The fourth-order valence-electron chi connectivity index (χ4n) is 3.29. The maximum Gasteiger partial charge on any atom is 0.185 e. The molecule has 0 N–H and O–H groups in total. The van der Waals surface area contributed by atoms with E-state index in [1.165, 1.54) is 0 Å². The van der Waals surface area contributed by atoms with Crippen LogP contribution in [-0.2, 0) is 9.84 Å². The zero-order chi connectivity index (χ0) is 19.9. The van der Waals surface area contributed by atoms with Crippen molar-refractivity contribution in [2.45, 2.75) is 56.1 Å². The first kappa shape index (κ1) is 21.3. The van der Waals surface area contributed by atoms with Gasteiger partial charge in [0, 0.05) is 5.56 Å². The Bertz CT molecular complexity index is 826. The number of ether oxygens (including phenoxy) is 2. The summed E-state index contributed by atoms with van der Waals surface area (Å²) in [6, 6.07) is 12.5. The maximum absolute atomic E-state index is 13.5. The summed E-state index contributed by atoms with van der Waals surface area (Å²) in [7, 11) is -0.440. The van der Waals surface area contributed by atoms with Crippen molar-refractivity contribution in [3.63, 3.8) is 0 Å². The Morgan fingerprint density at radius 3 is 2.22 bits per heavy atom. The molecule has 0 aliphatic heterocycles. The lowest BCUT2D eigenvalue weighted by Gasteiger charge is -2.22. The third kappa shape index (κ3) is 5.04. The molecule has 0 saturated carbocycles. The first-order valence-electron chi connectivity index (χ1n) is 9.47. The van der Waals surface area contributed by atoms with E-state index in [4.69, 9.17) is 9.47 Å². The number of rotatable bonds is 10. The molecule has 2 rings (SSSR count). The highest BCUT2D eigenvalue weighted by molar-refractivity contribution is 7.91. The monoisotopic (exact) mass is 390 g/mol. The van der Waals surface area contributed by atoms with E-state index in [-0.39, 0.29) is 0 Å². The minimum Gasteiger partial charge on any atom is -0.493 e. The molecule has 0 saturated heterocycles. The summed E-state index contributed by atoms with van der Waals surface area (Å²) in [6.07, 6.45) is 4.64. The van der Waals surface area contributed by atoms with Crippen LogP contribution in [0.4, 0.5) is 0 Å². The summed E-state index contributed by atoms with van der Waals surface area (Å²) in [5.41, 5.74) is 1.70. The Balaban J connectivity index is 2.50. The highest BCUT2D eigenvalue weighted by atomic mass is 32.2. The lowest BCUT2D eigenvalue weighted by atomic mass is 10.0. The van der Waals surface area contributed by atoms with Crippen molar-refractivity contribution >= 4 is 9.84 Å². The van der Waals surface area contributed by atoms with Crippen molar-refractivity contribution in [1.82, 2.24) is 0 Å². The molecule has 0 bridgehead atoms. The second kappa shape index (κ2) is 9.79. The molecule has 0 amide bonds. The van der Waals surface area contributed by atoms with Crippen LogP contribution in [0.25, 0.3) is 0 Å². The number of hydrogen-bond acceptors (Lipinski definition) is 4. The summed E-state index contributed by atoms with van der Waals surface area (Å²) >= 11 is 0. The third-order valence-electron chi connectivity index (χ3n) is 4.82. The van der Waals surface area contributed by atoms with Crippen molar-refractivity contribution in [2.75, 3.05) is 14.2 Å². The van der Waals surface area contributed by atoms with Crippen molar-refractivity contribution in [3.05, 3.63) is 53.6 Å². The quantitative estimate of drug-likeness (QED) is 0.503. The van der Waals surface area contributed by atoms with Crippen LogP contribution in [0.5, 0.6) is 11.5 Å². The van der Waals surface area contributed by atoms with Gasteiger partial charge in [0.2, 0.25) is 0 Å². The molecular weight excluding hydrogens is 360 g/mol. The molecule has 0 aromatic heterocycles. The summed E-state index contributed by atoms with van der Waals surface area (Å²) < 4.78 is 37.9. The molecule has 0 radical (unpaired) electrons. The van der Waals surface area contributed by atoms with Crippen molar-refractivity contribution in [1.29, 1.82) is 0 Å². The molecule has 1 atom stereocenters. The van der Waals surface area contributed by atoms with Gasteiger partial charge in [-0.15, -0.1) is 0 Å². The van der Waals surface area contributed by atoms with E-state index in [1.807, 2.05) is 31.2 Å². The van der Waals surface area contributed by atoms with Crippen LogP contribution < -0.4 is 9.47 Å². The lowest BCUT2D eigenvalue weighted by molar-refractivity contribution is 0.350. The minimum absolute atomic E-state index is 0.346. The van der Waals surface area contributed by atoms with Gasteiger partial charge in [0.05, 0.1) is 24.4 Å². The zero-order valence-corrected chi connectivity index (χ0v) is 17.5. The van der Waals surface area contributed by atoms with Gasteiger partial charge in [-0.1, -0.05) is 62.4 Å². The number of hydrogen-bond donors (Lipinski definition) is 0. The van der Waals surface area contributed by atoms with E-state index >= 15 is 0 Å². The number of unbranched alkanes of at least 4 members (excludes halogenated alkanes) is 3. The van der Waals surface area contributed by atoms with E-state index in [0.29, 0.717) is 28.4 Å². The van der Waals surface area contributed by atoms with E-state index in [2.05, 4.69) is 6.92 Å². The Labute approximate surface area is 163 Å². The van der Waals surface area contributed by atoms with Gasteiger partial charge < -0.3 is 9.47 Å². The molecular formula is C22H30O4S. The second-order valence-corrected chi connectivity index (χ2v) is 8.91. The number of aryl methyl sites for hydroxylation is 1. The van der Waals surface area contributed by atoms with Gasteiger partial charge in [-0.05, 0) is 31.5 Å². The number of benzene rings is 2. The minimum atomic E-state index is -3.55. The molecule has 0 spiro atoms. The van der Waals surface area contributed by atoms with Crippen LogP contribution in [0.3, 0.4) is 0 Å². The van der Waals surface area contributed by atoms with Crippen molar-refractivity contribution in [3.8, 4) is 11.5 Å². The third-order valence-corrected chi connectivity index (χ3v) is 6.99. The standard InChI is InChI=1S/C22H30O4S/c1-5-6-7-8-12-21(19-10-9-11-20(25-3)22(19)26-4)27(23,24)18-15-13-17(2)14-16-18/h9-11,13-16,21H,5-8,12H2,1-4H3. The predicted molar refractivity (Wildman–Crippen MR) is 109 cm³/mol. The predicted octanol–water partition coefficient (Wildman–Crippen LogP) is 5.50. The molecule has 4 nitrogen and oxygen atoms in total. The molecule has 0 aliphatic rings. The fraction of sp³-hybridized carbons (Fsp3) is 0.455. The topological polar surface area (TPSA) is 52.6 Å². The van der Waals surface area contributed by atoms with Crippen molar-refractivity contribution < 1.29 is 17.9 Å².